The van der Waals surface area contributed by atoms with E-state index in [0.717, 1.165) is 6.54 Å². The van der Waals surface area contributed by atoms with Crippen molar-refractivity contribution in [1.82, 2.24) is 20.4 Å². The van der Waals surface area contributed by atoms with Gasteiger partial charge >= 0.3 is 0 Å². The van der Waals surface area contributed by atoms with E-state index in [1.165, 1.54) is 55.2 Å². The molecule has 20 heavy (non-hydrogen) atoms. The molecule has 4 rings (SSSR count). The van der Waals surface area contributed by atoms with Crippen LogP contribution in [0.15, 0.2) is 23.7 Å². The SMILES string of the molecule is c1csc(-c2[nH]ncc2CN2CCC3(CCNC3)C2)c1. The van der Waals surface area contributed by atoms with Crippen molar-refractivity contribution in [2.75, 3.05) is 26.2 Å². The molecule has 5 heteroatoms. The van der Waals surface area contributed by atoms with Gasteiger partial charge in [0.25, 0.3) is 0 Å². The van der Waals surface area contributed by atoms with Crippen LogP contribution in [0.5, 0.6) is 0 Å². The summed E-state index contributed by atoms with van der Waals surface area (Å²) >= 11 is 1.77. The van der Waals surface area contributed by atoms with Crippen molar-refractivity contribution >= 4 is 11.3 Å². The second-order valence-corrected chi connectivity index (χ2v) is 7.08. The molecular formula is C15H20N4S. The van der Waals surface area contributed by atoms with E-state index >= 15 is 0 Å². The first-order chi connectivity index (χ1) is 9.85. The lowest BCUT2D eigenvalue weighted by Crippen LogP contribution is -2.28. The van der Waals surface area contributed by atoms with Gasteiger partial charge in [0.1, 0.15) is 0 Å². The van der Waals surface area contributed by atoms with Crippen LogP contribution in [0.2, 0.25) is 0 Å². The van der Waals surface area contributed by atoms with Gasteiger partial charge in [-0.25, -0.2) is 0 Å². The van der Waals surface area contributed by atoms with E-state index in [0.29, 0.717) is 5.41 Å². The van der Waals surface area contributed by atoms with Crippen molar-refractivity contribution in [2.24, 2.45) is 5.41 Å². The molecule has 106 valence electrons. The molecule has 0 radical (unpaired) electrons. The molecule has 0 aromatic carbocycles. The first kappa shape index (κ1) is 12.6. The summed E-state index contributed by atoms with van der Waals surface area (Å²) in [4.78, 5) is 3.88. The molecule has 2 aliphatic rings. The van der Waals surface area contributed by atoms with Crippen molar-refractivity contribution in [3.63, 3.8) is 0 Å². The molecule has 2 N–H and O–H groups in total. The molecule has 0 aliphatic carbocycles. The van der Waals surface area contributed by atoms with Gasteiger partial charge in [-0.1, -0.05) is 6.07 Å². The monoisotopic (exact) mass is 288 g/mol. The van der Waals surface area contributed by atoms with E-state index in [-0.39, 0.29) is 0 Å². The standard InChI is InChI=1S/C15H20N4S/c1-2-13(20-7-1)14-12(8-17-18-14)9-19-6-4-15(11-19)3-5-16-10-15/h1-2,7-8,16H,3-6,9-11H2,(H,17,18). The fourth-order valence-corrected chi connectivity index (χ4v) is 4.37. The Morgan fingerprint density at radius 1 is 1.40 bits per heavy atom. The number of rotatable bonds is 3. The van der Waals surface area contributed by atoms with Gasteiger partial charge in [-0.3, -0.25) is 10.00 Å². The summed E-state index contributed by atoms with van der Waals surface area (Å²) < 4.78 is 0. The van der Waals surface area contributed by atoms with Crippen LogP contribution in [0.4, 0.5) is 0 Å². The minimum absolute atomic E-state index is 0.548. The molecular weight excluding hydrogens is 268 g/mol. The van der Waals surface area contributed by atoms with Crippen molar-refractivity contribution < 1.29 is 0 Å². The van der Waals surface area contributed by atoms with Crippen LogP contribution < -0.4 is 5.32 Å². The molecule has 1 atom stereocenters. The van der Waals surface area contributed by atoms with Gasteiger partial charge in [0.2, 0.25) is 0 Å². The number of aromatic nitrogens is 2. The van der Waals surface area contributed by atoms with Crippen LogP contribution in [0.25, 0.3) is 10.6 Å². The fourth-order valence-electron chi connectivity index (χ4n) is 3.61. The van der Waals surface area contributed by atoms with E-state index < -0.39 is 0 Å². The average molecular weight is 288 g/mol. The summed E-state index contributed by atoms with van der Waals surface area (Å²) in [6.45, 7) is 5.87. The van der Waals surface area contributed by atoms with E-state index in [4.69, 9.17) is 0 Å². The predicted molar refractivity (Wildman–Crippen MR) is 81.7 cm³/mol. The van der Waals surface area contributed by atoms with Gasteiger partial charge in [-0.05, 0) is 42.8 Å². The first-order valence-corrected chi connectivity index (χ1v) is 8.22. The Labute approximate surface area is 123 Å². The number of nitrogens with one attached hydrogen (secondary N) is 2. The molecule has 0 bridgehead atoms. The first-order valence-electron chi connectivity index (χ1n) is 7.34. The van der Waals surface area contributed by atoms with Crippen LogP contribution in [0.3, 0.4) is 0 Å². The summed E-state index contributed by atoms with van der Waals surface area (Å²) in [5.41, 5.74) is 3.08. The molecule has 4 heterocycles. The molecule has 2 aliphatic heterocycles. The smallest absolute Gasteiger partial charge is 0.0794 e. The zero-order chi connectivity index (χ0) is 13.4. The molecule has 2 aromatic heterocycles. The number of thiophene rings is 1. The molecule has 1 spiro atoms. The fraction of sp³-hybridized carbons (Fsp3) is 0.533. The maximum atomic E-state index is 4.25. The highest BCUT2D eigenvalue weighted by Gasteiger charge is 2.40. The Balaban J connectivity index is 1.49. The van der Waals surface area contributed by atoms with Crippen molar-refractivity contribution in [1.29, 1.82) is 0 Å². The highest BCUT2D eigenvalue weighted by atomic mass is 32.1. The largest absolute Gasteiger partial charge is 0.316 e. The van der Waals surface area contributed by atoms with Gasteiger partial charge < -0.3 is 5.32 Å². The second-order valence-electron chi connectivity index (χ2n) is 6.13. The van der Waals surface area contributed by atoms with Crippen LogP contribution in [-0.2, 0) is 6.54 Å². The summed E-state index contributed by atoms with van der Waals surface area (Å²) in [7, 11) is 0. The molecule has 4 nitrogen and oxygen atoms in total. The number of nitrogens with zero attached hydrogens (tertiary/aromatic N) is 2. The lowest BCUT2D eigenvalue weighted by Gasteiger charge is -2.22. The second kappa shape index (κ2) is 4.98. The predicted octanol–water partition coefficient (Wildman–Crippen LogP) is 2.32. The van der Waals surface area contributed by atoms with Crippen LogP contribution >= 0.6 is 11.3 Å². The van der Waals surface area contributed by atoms with Gasteiger partial charge in [0, 0.05) is 25.2 Å². The zero-order valence-corrected chi connectivity index (χ0v) is 12.4. The summed E-state index contributed by atoms with van der Waals surface area (Å²) in [5.74, 6) is 0. The number of hydrogen-bond donors (Lipinski definition) is 2. The molecule has 0 saturated carbocycles. The third kappa shape index (κ3) is 2.20. The Morgan fingerprint density at radius 2 is 2.40 bits per heavy atom. The van der Waals surface area contributed by atoms with Gasteiger partial charge in [0.15, 0.2) is 0 Å². The molecule has 0 amide bonds. The van der Waals surface area contributed by atoms with Crippen molar-refractivity contribution in [2.45, 2.75) is 19.4 Å². The van der Waals surface area contributed by atoms with Crippen LogP contribution in [-0.4, -0.2) is 41.3 Å². The number of likely N-dealkylation sites (tertiary alicyclic amines) is 1. The summed E-state index contributed by atoms with van der Waals surface area (Å²) in [6.07, 6.45) is 4.67. The van der Waals surface area contributed by atoms with Gasteiger partial charge in [0.05, 0.1) is 16.8 Å². The number of hydrogen-bond acceptors (Lipinski definition) is 4. The lowest BCUT2D eigenvalue weighted by atomic mass is 9.86. The third-order valence-corrected chi connectivity index (χ3v) is 5.62. The van der Waals surface area contributed by atoms with E-state index in [1.807, 2.05) is 6.20 Å². The molecule has 1 unspecified atom stereocenters. The molecule has 2 saturated heterocycles. The average Bonchev–Trinajstić information content (AvgIpc) is 3.21. The summed E-state index contributed by atoms with van der Waals surface area (Å²) in [6, 6.07) is 4.26. The lowest BCUT2D eigenvalue weighted by molar-refractivity contribution is 0.269. The topological polar surface area (TPSA) is 44.0 Å². The van der Waals surface area contributed by atoms with Gasteiger partial charge in [-0.2, -0.15) is 5.10 Å². The third-order valence-electron chi connectivity index (χ3n) is 4.73. The minimum Gasteiger partial charge on any atom is -0.316 e. The normalized spacial score (nSPS) is 26.8. The maximum Gasteiger partial charge on any atom is 0.0794 e. The van der Waals surface area contributed by atoms with Crippen LogP contribution in [0.1, 0.15) is 18.4 Å². The van der Waals surface area contributed by atoms with Gasteiger partial charge in [-0.15, -0.1) is 11.3 Å². The van der Waals surface area contributed by atoms with Crippen molar-refractivity contribution in [3.8, 4) is 10.6 Å². The van der Waals surface area contributed by atoms with Crippen LogP contribution in [0, 0.1) is 5.41 Å². The quantitative estimate of drug-likeness (QED) is 0.911. The Bertz CT molecular complexity index is 568. The highest BCUT2D eigenvalue weighted by molar-refractivity contribution is 7.13. The maximum absolute atomic E-state index is 4.25. The summed E-state index contributed by atoms with van der Waals surface area (Å²) in [5, 5.41) is 13.1. The number of H-pyrrole nitrogens is 1. The van der Waals surface area contributed by atoms with Crippen molar-refractivity contribution in [3.05, 3.63) is 29.3 Å². The Hall–Kier alpha value is -1.17. The molecule has 2 aromatic rings. The van der Waals surface area contributed by atoms with E-state index in [1.54, 1.807) is 11.3 Å². The molecule has 2 fully saturated rings. The highest BCUT2D eigenvalue weighted by Crippen LogP contribution is 2.37. The minimum atomic E-state index is 0.548. The zero-order valence-electron chi connectivity index (χ0n) is 11.6. The Morgan fingerprint density at radius 3 is 3.20 bits per heavy atom. The number of aromatic amines is 1. The Kier molecular flexibility index (Phi) is 3.13. The van der Waals surface area contributed by atoms with E-state index in [2.05, 4.69) is 37.9 Å². The van der Waals surface area contributed by atoms with E-state index in [9.17, 15) is 0 Å².